The summed E-state index contributed by atoms with van der Waals surface area (Å²) < 4.78 is 34.0. The van der Waals surface area contributed by atoms with Crippen molar-refractivity contribution in [3.63, 3.8) is 0 Å². The summed E-state index contributed by atoms with van der Waals surface area (Å²) in [7, 11) is 0.593. The van der Waals surface area contributed by atoms with E-state index in [0.717, 1.165) is 0 Å². The number of nitrogens with zero attached hydrogens (tertiary/aromatic N) is 4. The second kappa shape index (κ2) is 6.98. The summed E-state index contributed by atoms with van der Waals surface area (Å²) in [6, 6.07) is 2.93. The van der Waals surface area contributed by atoms with Gasteiger partial charge in [-0.1, -0.05) is 0 Å². The van der Waals surface area contributed by atoms with Gasteiger partial charge < -0.3 is 19.2 Å². The third kappa shape index (κ3) is 3.58. The Balaban J connectivity index is 1.83. The Labute approximate surface area is 180 Å². The van der Waals surface area contributed by atoms with Crippen molar-refractivity contribution in [1.29, 1.82) is 0 Å². The second-order valence-corrected chi connectivity index (χ2v) is 9.22. The van der Waals surface area contributed by atoms with Crippen LogP contribution in [0.25, 0.3) is 17.0 Å². The number of rotatable bonds is 4. The molecule has 0 aliphatic carbocycles. The van der Waals surface area contributed by atoms with Crippen molar-refractivity contribution in [2.45, 2.75) is 58.3 Å². The number of benzene rings is 1. The lowest BCUT2D eigenvalue weighted by atomic mass is 9.77. The van der Waals surface area contributed by atoms with Gasteiger partial charge in [0.15, 0.2) is 0 Å². The number of halogens is 1. The number of fused-ring (bicyclic) bond motifs is 1. The van der Waals surface area contributed by atoms with Crippen LogP contribution in [-0.2, 0) is 14.9 Å². The van der Waals surface area contributed by atoms with E-state index in [2.05, 4.69) is 15.1 Å². The number of imidazole rings is 1. The molecule has 3 aromatic rings. The number of ether oxygens (including phenoxy) is 1. The molecule has 164 valence electrons. The first-order valence-corrected chi connectivity index (χ1v) is 10.0. The van der Waals surface area contributed by atoms with Gasteiger partial charge in [-0.25, -0.2) is 14.4 Å². The van der Waals surface area contributed by atoms with Crippen LogP contribution in [0.4, 0.5) is 4.39 Å². The predicted molar refractivity (Wildman–Crippen MR) is 114 cm³/mol. The van der Waals surface area contributed by atoms with E-state index >= 15 is 0 Å². The minimum atomic E-state index is -1.15. The lowest BCUT2D eigenvalue weighted by Crippen LogP contribution is -2.41. The van der Waals surface area contributed by atoms with Crippen LogP contribution in [0.15, 0.2) is 24.5 Å². The van der Waals surface area contributed by atoms with Gasteiger partial charge >= 0.3 is 7.12 Å². The quantitative estimate of drug-likeness (QED) is 0.639. The number of aliphatic hydroxyl groups is 1. The Morgan fingerprint density at radius 3 is 2.35 bits per heavy atom. The largest absolute Gasteiger partial charge is 0.497 e. The molecule has 1 aliphatic heterocycles. The first-order chi connectivity index (χ1) is 14.3. The summed E-state index contributed by atoms with van der Waals surface area (Å²) in [6.45, 7) is 10.9. The molecule has 0 saturated carbocycles. The summed E-state index contributed by atoms with van der Waals surface area (Å²) in [5, 5.41) is 14.6. The molecule has 1 aromatic carbocycles. The lowest BCUT2D eigenvalue weighted by molar-refractivity contribution is 0.00578. The average Bonchev–Trinajstić information content (AvgIpc) is 3.17. The SMILES string of the molecule is COc1cc(F)c(B2OC(C)(C)C(C)(C)O2)cc1-c1cnc2nc(C(C)(C)O)cnn12. The topological polar surface area (TPSA) is 91.0 Å². The fourth-order valence-electron chi connectivity index (χ4n) is 3.34. The molecule has 31 heavy (non-hydrogen) atoms. The van der Waals surface area contributed by atoms with Crippen LogP contribution >= 0.6 is 0 Å². The second-order valence-electron chi connectivity index (χ2n) is 9.22. The molecule has 10 heteroatoms. The van der Waals surface area contributed by atoms with Gasteiger partial charge in [0.2, 0.25) is 0 Å². The highest BCUT2D eigenvalue weighted by Crippen LogP contribution is 2.38. The van der Waals surface area contributed by atoms with E-state index in [-0.39, 0.29) is 5.46 Å². The van der Waals surface area contributed by atoms with Crippen molar-refractivity contribution < 1.29 is 23.5 Å². The van der Waals surface area contributed by atoms with Crippen LogP contribution in [-0.4, -0.2) is 50.1 Å². The number of aromatic nitrogens is 4. The zero-order valence-corrected chi connectivity index (χ0v) is 18.7. The van der Waals surface area contributed by atoms with Crippen molar-refractivity contribution in [3.05, 3.63) is 36.0 Å². The minimum absolute atomic E-state index is 0.255. The van der Waals surface area contributed by atoms with Crippen molar-refractivity contribution in [3.8, 4) is 17.0 Å². The van der Waals surface area contributed by atoms with E-state index in [1.165, 1.54) is 23.9 Å². The van der Waals surface area contributed by atoms with Crippen molar-refractivity contribution in [2.75, 3.05) is 7.11 Å². The van der Waals surface area contributed by atoms with Crippen molar-refractivity contribution in [1.82, 2.24) is 19.6 Å². The molecule has 1 N–H and O–H groups in total. The zero-order valence-electron chi connectivity index (χ0n) is 18.7. The van der Waals surface area contributed by atoms with Crippen LogP contribution in [0, 0.1) is 5.82 Å². The first-order valence-electron chi connectivity index (χ1n) is 10.0. The fourth-order valence-corrected chi connectivity index (χ4v) is 3.34. The maximum atomic E-state index is 15.0. The summed E-state index contributed by atoms with van der Waals surface area (Å²) >= 11 is 0. The Morgan fingerprint density at radius 2 is 1.77 bits per heavy atom. The minimum Gasteiger partial charge on any atom is -0.496 e. The van der Waals surface area contributed by atoms with E-state index in [1.807, 2.05) is 27.7 Å². The van der Waals surface area contributed by atoms with Crippen LogP contribution in [0.3, 0.4) is 0 Å². The van der Waals surface area contributed by atoms with Crippen LogP contribution in [0.1, 0.15) is 47.2 Å². The van der Waals surface area contributed by atoms with Gasteiger partial charge in [0, 0.05) is 17.1 Å². The number of methoxy groups -OCH3 is 1. The molecule has 0 bridgehead atoms. The van der Waals surface area contributed by atoms with Gasteiger partial charge in [0.1, 0.15) is 17.2 Å². The smallest absolute Gasteiger partial charge is 0.496 e. The van der Waals surface area contributed by atoms with E-state index < -0.39 is 29.7 Å². The van der Waals surface area contributed by atoms with Crippen molar-refractivity contribution >= 4 is 18.4 Å². The Bertz CT molecular complexity index is 1140. The molecule has 0 spiro atoms. The molecule has 0 unspecified atom stereocenters. The summed E-state index contributed by atoms with van der Waals surface area (Å²) in [6.07, 6.45) is 3.05. The van der Waals surface area contributed by atoms with Gasteiger partial charge in [-0.3, -0.25) is 0 Å². The molecule has 2 aromatic heterocycles. The zero-order chi connectivity index (χ0) is 22.8. The molecule has 1 aliphatic rings. The highest BCUT2D eigenvalue weighted by atomic mass is 19.1. The van der Waals surface area contributed by atoms with Crippen LogP contribution in [0.5, 0.6) is 5.75 Å². The average molecular weight is 428 g/mol. The highest BCUT2D eigenvalue weighted by molar-refractivity contribution is 6.62. The van der Waals surface area contributed by atoms with E-state index in [4.69, 9.17) is 14.0 Å². The number of hydrogen-bond donors (Lipinski definition) is 1. The summed E-state index contributed by atoms with van der Waals surface area (Å²) in [5.74, 6) is 0.120. The Hall–Kier alpha value is -2.56. The monoisotopic (exact) mass is 428 g/mol. The van der Waals surface area contributed by atoms with E-state index in [1.54, 1.807) is 26.1 Å². The normalized spacial score (nSPS) is 18.0. The van der Waals surface area contributed by atoms with E-state index in [9.17, 15) is 9.50 Å². The maximum Gasteiger partial charge on any atom is 0.497 e. The molecule has 1 fully saturated rings. The maximum absolute atomic E-state index is 15.0. The van der Waals surface area contributed by atoms with Gasteiger partial charge in [-0.15, -0.1) is 0 Å². The van der Waals surface area contributed by atoms with Gasteiger partial charge in [0.05, 0.1) is 42.1 Å². The van der Waals surface area contributed by atoms with Gasteiger partial charge in [-0.2, -0.15) is 9.61 Å². The standard InChI is InChI=1S/C21H26BFN4O4/c1-19(2,28)17-11-25-27-15(10-24-18(27)26-17)12-8-13(14(23)9-16(12)29-7)22-30-20(3,4)21(5,6)31-22/h8-11,28H,1-7H3. The first kappa shape index (κ1) is 21.7. The van der Waals surface area contributed by atoms with Gasteiger partial charge in [-0.05, 0) is 47.6 Å². The highest BCUT2D eigenvalue weighted by Gasteiger charge is 2.52. The van der Waals surface area contributed by atoms with Crippen molar-refractivity contribution in [2.24, 2.45) is 0 Å². The number of hydrogen-bond acceptors (Lipinski definition) is 7. The fraction of sp³-hybridized carbons (Fsp3) is 0.476. The Kier molecular flexibility index (Phi) is 4.88. The summed E-state index contributed by atoms with van der Waals surface area (Å²) in [5.41, 5.74) is -0.602. The summed E-state index contributed by atoms with van der Waals surface area (Å²) in [4.78, 5) is 8.69. The molecule has 0 atom stereocenters. The lowest BCUT2D eigenvalue weighted by Gasteiger charge is -2.32. The van der Waals surface area contributed by atoms with Crippen LogP contribution in [0.2, 0.25) is 0 Å². The molecule has 0 amide bonds. The van der Waals surface area contributed by atoms with Gasteiger partial charge in [0.25, 0.3) is 5.78 Å². The third-order valence-electron chi connectivity index (χ3n) is 5.96. The molecule has 1 saturated heterocycles. The molecular weight excluding hydrogens is 402 g/mol. The third-order valence-corrected chi connectivity index (χ3v) is 5.96. The molecule has 8 nitrogen and oxygen atoms in total. The van der Waals surface area contributed by atoms with Crippen LogP contribution < -0.4 is 10.2 Å². The Morgan fingerprint density at radius 1 is 1.13 bits per heavy atom. The molecule has 4 rings (SSSR count). The molecular formula is C21H26BFN4O4. The predicted octanol–water partition coefficient (Wildman–Crippen LogP) is 2.47. The molecule has 0 radical (unpaired) electrons. The van der Waals surface area contributed by atoms with E-state index in [0.29, 0.717) is 28.5 Å². The molecule has 3 heterocycles.